The zero-order chi connectivity index (χ0) is 16.8. The average Bonchev–Trinajstić information content (AvgIpc) is 2.84. The van der Waals surface area contributed by atoms with Gasteiger partial charge in [0.1, 0.15) is 12.4 Å². The Morgan fingerprint density at radius 1 is 1.22 bits per heavy atom. The van der Waals surface area contributed by atoms with E-state index in [1.54, 1.807) is 7.11 Å². The summed E-state index contributed by atoms with van der Waals surface area (Å²) in [6, 6.07) is 6.01. The Labute approximate surface area is 138 Å². The van der Waals surface area contributed by atoms with E-state index in [9.17, 15) is 0 Å². The molecule has 0 saturated heterocycles. The van der Waals surface area contributed by atoms with E-state index < -0.39 is 0 Å². The predicted molar refractivity (Wildman–Crippen MR) is 89.8 cm³/mol. The van der Waals surface area contributed by atoms with Crippen molar-refractivity contribution in [3.8, 4) is 11.5 Å². The van der Waals surface area contributed by atoms with Crippen LogP contribution in [-0.2, 0) is 13.2 Å². The van der Waals surface area contributed by atoms with Gasteiger partial charge in [0.25, 0.3) is 0 Å². The first-order chi connectivity index (χ1) is 11.0. The van der Waals surface area contributed by atoms with Crippen LogP contribution in [0, 0.1) is 19.8 Å². The topological polar surface area (TPSA) is 56.5 Å². The third-order valence-corrected chi connectivity index (χ3v) is 3.66. The standard InChI is InChI=1S/C18H26N2O3/c1-12(2)9-19-10-15-6-7-17(18(8-15)21-5)22-11-16-13(3)20-23-14(16)4/h6-8,12,19H,9-11H2,1-5H3. The summed E-state index contributed by atoms with van der Waals surface area (Å²) in [5.41, 5.74) is 3.01. The number of rotatable bonds is 8. The van der Waals surface area contributed by atoms with Gasteiger partial charge in [0.2, 0.25) is 0 Å². The number of aromatic nitrogens is 1. The van der Waals surface area contributed by atoms with Gasteiger partial charge in [0.15, 0.2) is 11.5 Å². The maximum Gasteiger partial charge on any atom is 0.161 e. The molecule has 0 aliphatic heterocycles. The van der Waals surface area contributed by atoms with Crippen LogP contribution in [0.2, 0.25) is 0 Å². The van der Waals surface area contributed by atoms with E-state index in [1.807, 2.05) is 26.0 Å². The highest BCUT2D eigenvalue weighted by atomic mass is 16.5. The summed E-state index contributed by atoms with van der Waals surface area (Å²) in [4.78, 5) is 0. The highest BCUT2D eigenvalue weighted by Gasteiger charge is 2.12. The van der Waals surface area contributed by atoms with Crippen LogP contribution in [-0.4, -0.2) is 18.8 Å². The lowest BCUT2D eigenvalue weighted by molar-refractivity contribution is 0.281. The number of nitrogens with zero attached hydrogens (tertiary/aromatic N) is 1. The smallest absolute Gasteiger partial charge is 0.161 e. The first-order valence-electron chi connectivity index (χ1n) is 7.93. The van der Waals surface area contributed by atoms with Gasteiger partial charge in [-0.05, 0) is 44.0 Å². The zero-order valence-corrected chi connectivity index (χ0v) is 14.6. The maximum absolute atomic E-state index is 5.89. The van der Waals surface area contributed by atoms with Crippen LogP contribution in [0.5, 0.6) is 11.5 Å². The Kier molecular flexibility index (Phi) is 6.04. The number of methoxy groups -OCH3 is 1. The molecule has 2 aromatic rings. The Bertz CT molecular complexity index is 616. The first-order valence-corrected chi connectivity index (χ1v) is 7.93. The molecule has 5 heteroatoms. The van der Waals surface area contributed by atoms with Crippen LogP contribution in [0.3, 0.4) is 0 Å². The van der Waals surface area contributed by atoms with E-state index in [-0.39, 0.29) is 0 Å². The van der Waals surface area contributed by atoms with Gasteiger partial charge in [-0.2, -0.15) is 0 Å². The molecule has 126 valence electrons. The summed E-state index contributed by atoms with van der Waals surface area (Å²) in [7, 11) is 1.66. The van der Waals surface area contributed by atoms with Crippen LogP contribution in [0.15, 0.2) is 22.7 Å². The highest BCUT2D eigenvalue weighted by molar-refractivity contribution is 5.43. The Hall–Kier alpha value is -2.01. The van der Waals surface area contributed by atoms with Gasteiger partial charge in [-0.25, -0.2) is 0 Å². The van der Waals surface area contributed by atoms with Crippen molar-refractivity contribution < 1.29 is 14.0 Å². The summed E-state index contributed by atoms with van der Waals surface area (Å²) in [5, 5.41) is 7.36. The molecule has 2 rings (SSSR count). The van der Waals surface area contributed by atoms with Gasteiger partial charge in [-0.3, -0.25) is 0 Å². The normalized spacial score (nSPS) is 11.0. The molecule has 5 nitrogen and oxygen atoms in total. The predicted octanol–water partition coefficient (Wildman–Crippen LogP) is 3.62. The molecule has 0 atom stereocenters. The summed E-state index contributed by atoms with van der Waals surface area (Å²) in [6.07, 6.45) is 0. The number of nitrogens with one attached hydrogen (secondary N) is 1. The number of hydrogen-bond donors (Lipinski definition) is 1. The van der Waals surface area contributed by atoms with Crippen molar-refractivity contribution in [3.63, 3.8) is 0 Å². The summed E-state index contributed by atoms with van der Waals surface area (Å²) < 4.78 is 16.5. The minimum atomic E-state index is 0.419. The molecule has 1 N–H and O–H groups in total. The summed E-state index contributed by atoms with van der Waals surface area (Å²) in [6.45, 7) is 10.4. The molecule has 0 aliphatic carbocycles. The van der Waals surface area contributed by atoms with Crippen LogP contribution >= 0.6 is 0 Å². The molecule has 0 fully saturated rings. The molecule has 0 spiro atoms. The fourth-order valence-corrected chi connectivity index (χ4v) is 2.30. The minimum Gasteiger partial charge on any atom is -0.493 e. The lowest BCUT2D eigenvalue weighted by atomic mass is 10.1. The van der Waals surface area contributed by atoms with Crippen LogP contribution < -0.4 is 14.8 Å². The fourth-order valence-electron chi connectivity index (χ4n) is 2.30. The third-order valence-electron chi connectivity index (χ3n) is 3.66. The van der Waals surface area contributed by atoms with E-state index in [1.165, 1.54) is 5.56 Å². The van der Waals surface area contributed by atoms with E-state index in [0.717, 1.165) is 41.6 Å². The Morgan fingerprint density at radius 3 is 2.61 bits per heavy atom. The molecule has 0 aliphatic rings. The SMILES string of the molecule is COc1cc(CNCC(C)C)ccc1OCc1c(C)noc1C. The van der Waals surface area contributed by atoms with Crippen molar-refractivity contribution in [3.05, 3.63) is 40.8 Å². The molecule has 1 aromatic heterocycles. The van der Waals surface area contributed by atoms with Gasteiger partial charge >= 0.3 is 0 Å². The van der Waals surface area contributed by atoms with Crippen molar-refractivity contribution in [2.45, 2.75) is 40.8 Å². The van der Waals surface area contributed by atoms with Gasteiger partial charge in [0, 0.05) is 6.54 Å². The van der Waals surface area contributed by atoms with E-state index in [0.29, 0.717) is 12.5 Å². The van der Waals surface area contributed by atoms with Crippen molar-refractivity contribution in [1.29, 1.82) is 0 Å². The lowest BCUT2D eigenvalue weighted by Gasteiger charge is -2.13. The monoisotopic (exact) mass is 318 g/mol. The second kappa shape index (κ2) is 8.02. The van der Waals surface area contributed by atoms with Gasteiger partial charge in [0.05, 0.1) is 18.4 Å². The van der Waals surface area contributed by atoms with E-state index in [4.69, 9.17) is 14.0 Å². The molecular weight excluding hydrogens is 292 g/mol. The molecule has 23 heavy (non-hydrogen) atoms. The summed E-state index contributed by atoms with van der Waals surface area (Å²) in [5.74, 6) is 2.88. The zero-order valence-electron chi connectivity index (χ0n) is 14.6. The van der Waals surface area contributed by atoms with Gasteiger partial charge in [-0.15, -0.1) is 0 Å². The van der Waals surface area contributed by atoms with E-state index >= 15 is 0 Å². The van der Waals surface area contributed by atoms with Crippen molar-refractivity contribution in [1.82, 2.24) is 10.5 Å². The minimum absolute atomic E-state index is 0.419. The molecule has 0 unspecified atom stereocenters. The van der Waals surface area contributed by atoms with Crippen LogP contribution in [0.1, 0.15) is 36.4 Å². The molecule has 0 amide bonds. The first kappa shape index (κ1) is 17.3. The lowest BCUT2D eigenvalue weighted by Crippen LogP contribution is -2.18. The molecule has 1 aromatic carbocycles. The molecule has 0 radical (unpaired) electrons. The van der Waals surface area contributed by atoms with Gasteiger partial charge < -0.3 is 19.3 Å². The Balaban J connectivity index is 2.01. The third kappa shape index (κ3) is 4.73. The number of ether oxygens (including phenoxy) is 2. The quantitative estimate of drug-likeness (QED) is 0.805. The number of aryl methyl sites for hydroxylation is 2. The largest absolute Gasteiger partial charge is 0.493 e. The molecular formula is C18H26N2O3. The summed E-state index contributed by atoms with van der Waals surface area (Å²) >= 11 is 0. The molecule has 0 saturated carbocycles. The second-order valence-electron chi connectivity index (χ2n) is 6.10. The number of hydrogen-bond acceptors (Lipinski definition) is 5. The van der Waals surface area contributed by atoms with E-state index in [2.05, 4.69) is 30.4 Å². The van der Waals surface area contributed by atoms with Crippen LogP contribution in [0.25, 0.3) is 0 Å². The number of benzene rings is 1. The van der Waals surface area contributed by atoms with Crippen molar-refractivity contribution in [2.24, 2.45) is 5.92 Å². The van der Waals surface area contributed by atoms with Crippen molar-refractivity contribution in [2.75, 3.05) is 13.7 Å². The Morgan fingerprint density at radius 2 is 2.00 bits per heavy atom. The molecule has 1 heterocycles. The second-order valence-corrected chi connectivity index (χ2v) is 6.10. The maximum atomic E-state index is 5.89. The molecule has 0 bridgehead atoms. The average molecular weight is 318 g/mol. The highest BCUT2D eigenvalue weighted by Crippen LogP contribution is 2.29. The van der Waals surface area contributed by atoms with Gasteiger partial charge in [-0.1, -0.05) is 25.1 Å². The van der Waals surface area contributed by atoms with Crippen LogP contribution in [0.4, 0.5) is 0 Å². The fraction of sp³-hybridized carbons (Fsp3) is 0.500. The van der Waals surface area contributed by atoms with Crippen molar-refractivity contribution >= 4 is 0 Å².